The molecule has 1 aliphatic carbocycles. The van der Waals surface area contributed by atoms with Crippen LogP contribution in [0.25, 0.3) is 0 Å². The van der Waals surface area contributed by atoms with Crippen molar-refractivity contribution in [1.29, 1.82) is 0 Å². The van der Waals surface area contributed by atoms with E-state index >= 15 is 0 Å². The fourth-order valence-electron chi connectivity index (χ4n) is 2.61. The van der Waals surface area contributed by atoms with Crippen LogP contribution >= 0.6 is 0 Å². The third-order valence-corrected chi connectivity index (χ3v) is 3.56. The van der Waals surface area contributed by atoms with Crippen LogP contribution in [0.2, 0.25) is 0 Å². The number of hydrogen-bond acceptors (Lipinski definition) is 3. The summed E-state index contributed by atoms with van der Waals surface area (Å²) in [7, 11) is 0. The van der Waals surface area contributed by atoms with Crippen LogP contribution in [0, 0.1) is 19.3 Å². The normalized spacial score (nSPS) is 27.7. The number of carbonyl (C=O) groups is 1. The van der Waals surface area contributed by atoms with Gasteiger partial charge in [0.25, 0.3) is 0 Å². The quantitative estimate of drug-likeness (QED) is 0.809. The zero-order valence-electron chi connectivity index (χ0n) is 9.42. The Morgan fingerprint density at radius 2 is 2.00 bits per heavy atom. The first-order chi connectivity index (χ1) is 6.83. The lowest BCUT2D eigenvalue weighted by Crippen LogP contribution is -2.26. The number of rotatable bonds is 2. The van der Waals surface area contributed by atoms with Crippen molar-refractivity contribution in [3.05, 3.63) is 17.0 Å². The van der Waals surface area contributed by atoms with Gasteiger partial charge in [0.05, 0.1) is 5.69 Å². The van der Waals surface area contributed by atoms with Crippen LogP contribution in [-0.4, -0.2) is 16.2 Å². The third-order valence-electron chi connectivity index (χ3n) is 3.56. The van der Waals surface area contributed by atoms with Gasteiger partial charge in [-0.15, -0.1) is 0 Å². The van der Waals surface area contributed by atoms with E-state index in [0.29, 0.717) is 17.9 Å². The van der Waals surface area contributed by atoms with Crippen molar-refractivity contribution in [2.24, 2.45) is 5.41 Å². The van der Waals surface area contributed by atoms with Crippen molar-refractivity contribution in [1.82, 2.24) is 5.16 Å². The Bertz CT molecular complexity index is 414. The summed E-state index contributed by atoms with van der Waals surface area (Å²) in [6.45, 7) is 7.50. The van der Waals surface area contributed by atoms with Crippen LogP contribution in [0.4, 0.5) is 0 Å². The molecule has 82 valence electrons. The number of hydrogen-bond donors (Lipinski definition) is 1. The molecule has 0 aliphatic heterocycles. The van der Waals surface area contributed by atoms with Crippen molar-refractivity contribution < 1.29 is 14.4 Å². The van der Waals surface area contributed by atoms with Crippen LogP contribution in [-0.2, 0) is 10.2 Å². The van der Waals surface area contributed by atoms with Crippen LogP contribution in [0.1, 0.15) is 37.3 Å². The Kier molecular flexibility index (Phi) is 1.78. The standard InChI is InChI=1S/C11H15NO3/c1-6-8(7(2)15-12-6)11(9(13)14)5-10(11,3)4/h5H2,1-4H3,(H,13,14). The maximum absolute atomic E-state index is 11.4. The van der Waals surface area contributed by atoms with E-state index in [9.17, 15) is 9.90 Å². The Morgan fingerprint density at radius 3 is 2.27 bits per heavy atom. The number of nitrogens with zero attached hydrogens (tertiary/aromatic N) is 1. The van der Waals surface area contributed by atoms with Gasteiger partial charge in [-0.1, -0.05) is 19.0 Å². The Labute approximate surface area is 88.3 Å². The highest BCUT2D eigenvalue weighted by atomic mass is 16.5. The maximum atomic E-state index is 11.4. The van der Waals surface area contributed by atoms with Crippen LogP contribution in [0.15, 0.2) is 4.52 Å². The molecule has 0 aromatic carbocycles. The number of aliphatic carboxylic acids is 1. The number of carboxylic acid groups (broad SMARTS) is 1. The maximum Gasteiger partial charge on any atom is 0.314 e. The first-order valence-electron chi connectivity index (χ1n) is 5.00. The van der Waals surface area contributed by atoms with Crippen molar-refractivity contribution in [3.8, 4) is 0 Å². The molecule has 15 heavy (non-hydrogen) atoms. The highest BCUT2D eigenvalue weighted by Crippen LogP contribution is 2.65. The largest absolute Gasteiger partial charge is 0.481 e. The topological polar surface area (TPSA) is 63.3 Å². The highest BCUT2D eigenvalue weighted by molar-refractivity contribution is 5.87. The van der Waals surface area contributed by atoms with Gasteiger partial charge in [0.15, 0.2) is 0 Å². The van der Waals surface area contributed by atoms with E-state index in [-0.39, 0.29) is 5.41 Å². The number of aromatic nitrogens is 1. The fourth-order valence-corrected chi connectivity index (χ4v) is 2.61. The zero-order valence-corrected chi connectivity index (χ0v) is 9.42. The lowest BCUT2D eigenvalue weighted by atomic mass is 9.87. The van der Waals surface area contributed by atoms with Gasteiger partial charge in [-0.2, -0.15) is 0 Å². The highest BCUT2D eigenvalue weighted by Gasteiger charge is 2.69. The summed E-state index contributed by atoms with van der Waals surface area (Å²) in [4.78, 5) is 11.4. The summed E-state index contributed by atoms with van der Waals surface area (Å²) in [5, 5.41) is 13.2. The smallest absolute Gasteiger partial charge is 0.314 e. The molecular formula is C11H15NO3. The average Bonchev–Trinajstić information content (AvgIpc) is 2.51. The molecule has 1 unspecified atom stereocenters. The molecule has 4 nitrogen and oxygen atoms in total. The lowest BCUT2D eigenvalue weighted by molar-refractivity contribution is -0.141. The van der Waals surface area contributed by atoms with Crippen LogP contribution in [0.5, 0.6) is 0 Å². The summed E-state index contributed by atoms with van der Waals surface area (Å²) < 4.78 is 5.05. The van der Waals surface area contributed by atoms with E-state index in [4.69, 9.17) is 4.52 Å². The van der Waals surface area contributed by atoms with Gasteiger partial charge in [-0.3, -0.25) is 4.79 Å². The van der Waals surface area contributed by atoms with E-state index in [1.807, 2.05) is 13.8 Å². The van der Waals surface area contributed by atoms with E-state index in [1.165, 1.54) is 0 Å². The predicted octanol–water partition coefficient (Wildman–Crippen LogP) is 2.04. The zero-order chi connectivity index (χ0) is 11.4. The van der Waals surface area contributed by atoms with Gasteiger partial charge < -0.3 is 9.63 Å². The molecule has 1 N–H and O–H groups in total. The van der Waals surface area contributed by atoms with E-state index in [1.54, 1.807) is 13.8 Å². The molecule has 4 heteroatoms. The molecule has 1 aromatic rings. The minimum Gasteiger partial charge on any atom is -0.481 e. The van der Waals surface area contributed by atoms with Gasteiger partial charge in [0.1, 0.15) is 11.2 Å². The van der Waals surface area contributed by atoms with Crippen molar-refractivity contribution >= 4 is 5.97 Å². The molecule has 1 aromatic heterocycles. The predicted molar refractivity (Wildman–Crippen MR) is 53.7 cm³/mol. The summed E-state index contributed by atoms with van der Waals surface area (Å²) in [6, 6.07) is 0. The Morgan fingerprint density at radius 1 is 1.47 bits per heavy atom. The molecule has 1 aliphatic rings. The summed E-state index contributed by atoms with van der Waals surface area (Å²) >= 11 is 0. The number of carboxylic acids is 1. The number of aryl methyl sites for hydroxylation is 2. The first kappa shape index (κ1) is 10.2. The summed E-state index contributed by atoms with van der Waals surface area (Å²) in [5.41, 5.74) is 0.460. The minimum absolute atomic E-state index is 0.208. The molecule has 0 spiro atoms. The second-order valence-corrected chi connectivity index (χ2v) is 4.97. The molecule has 0 saturated heterocycles. The average molecular weight is 209 g/mol. The van der Waals surface area contributed by atoms with E-state index in [2.05, 4.69) is 5.16 Å². The molecule has 1 fully saturated rings. The molecule has 2 rings (SSSR count). The van der Waals surface area contributed by atoms with Crippen molar-refractivity contribution in [2.75, 3.05) is 0 Å². The van der Waals surface area contributed by atoms with Crippen LogP contribution < -0.4 is 0 Å². The van der Waals surface area contributed by atoms with Gasteiger partial charge in [-0.25, -0.2) is 0 Å². The second kappa shape index (κ2) is 2.62. The van der Waals surface area contributed by atoms with Gasteiger partial charge in [0.2, 0.25) is 0 Å². The molecular weight excluding hydrogens is 194 g/mol. The van der Waals surface area contributed by atoms with E-state index < -0.39 is 11.4 Å². The SMILES string of the molecule is Cc1noc(C)c1C1(C(=O)O)CC1(C)C. The molecule has 1 saturated carbocycles. The van der Waals surface area contributed by atoms with Crippen molar-refractivity contribution in [2.45, 2.75) is 39.5 Å². The van der Waals surface area contributed by atoms with Gasteiger partial charge in [0, 0.05) is 5.56 Å². The molecule has 1 atom stereocenters. The molecule has 0 radical (unpaired) electrons. The van der Waals surface area contributed by atoms with E-state index in [0.717, 1.165) is 5.56 Å². The molecule has 1 heterocycles. The van der Waals surface area contributed by atoms with Gasteiger partial charge >= 0.3 is 5.97 Å². The lowest BCUT2D eigenvalue weighted by Gasteiger charge is -2.15. The molecule has 0 amide bonds. The fraction of sp³-hybridized carbons (Fsp3) is 0.636. The van der Waals surface area contributed by atoms with Crippen LogP contribution in [0.3, 0.4) is 0 Å². The Balaban J connectivity index is 2.59. The third kappa shape index (κ3) is 1.07. The summed E-state index contributed by atoms with van der Waals surface area (Å²) in [5.74, 6) is -0.151. The van der Waals surface area contributed by atoms with Crippen molar-refractivity contribution in [3.63, 3.8) is 0 Å². The molecule has 0 bridgehead atoms. The minimum atomic E-state index is -0.791. The Hall–Kier alpha value is -1.32. The first-order valence-corrected chi connectivity index (χ1v) is 5.00. The summed E-state index contributed by atoms with van der Waals surface area (Å²) in [6.07, 6.45) is 0.651. The second-order valence-electron chi connectivity index (χ2n) is 4.97. The monoisotopic (exact) mass is 209 g/mol. The van der Waals surface area contributed by atoms with Gasteiger partial charge in [-0.05, 0) is 25.7 Å².